The maximum Gasteiger partial charge on any atom is 0.407 e. The minimum Gasteiger partial charge on any atom is -0.502 e. The quantitative estimate of drug-likeness (QED) is 0.268. The first-order chi connectivity index (χ1) is 15.5. The van der Waals surface area contributed by atoms with Gasteiger partial charge in [-0.15, -0.1) is 0 Å². The van der Waals surface area contributed by atoms with Crippen LogP contribution >= 0.6 is 0 Å². The van der Waals surface area contributed by atoms with Gasteiger partial charge in [-0.25, -0.2) is 4.79 Å². The van der Waals surface area contributed by atoms with Gasteiger partial charge in [-0.1, -0.05) is 60.4 Å². The van der Waals surface area contributed by atoms with Crippen molar-refractivity contribution in [2.45, 2.75) is 12.3 Å². The highest BCUT2D eigenvalue weighted by molar-refractivity contribution is 5.79. The van der Waals surface area contributed by atoms with Crippen molar-refractivity contribution in [1.29, 1.82) is 0 Å². The van der Waals surface area contributed by atoms with Crippen molar-refractivity contribution in [3.05, 3.63) is 93.5 Å². The fourth-order valence-corrected chi connectivity index (χ4v) is 3.80. The number of hydrogen-bond acceptors (Lipinski definition) is 5. The summed E-state index contributed by atoms with van der Waals surface area (Å²) in [7, 11) is 0. The van der Waals surface area contributed by atoms with Gasteiger partial charge in [-0.05, 0) is 28.3 Å². The standard InChI is InChI=1S/C25H20N2O5/c28-24-15-17(12-13-23(24)27(30)31)7-5-6-14-26-25(29)32-16-22-20-10-3-1-8-18(20)19-9-2-4-11-21(19)22/h1-4,8-13,15,22,28H,6,14,16H2,(H,26,29). The molecule has 0 unspecified atom stereocenters. The van der Waals surface area contributed by atoms with Gasteiger partial charge < -0.3 is 15.2 Å². The molecule has 0 aromatic heterocycles. The summed E-state index contributed by atoms with van der Waals surface area (Å²) in [5.41, 5.74) is 4.73. The smallest absolute Gasteiger partial charge is 0.407 e. The van der Waals surface area contributed by atoms with E-state index in [1.54, 1.807) is 0 Å². The molecule has 0 bridgehead atoms. The zero-order chi connectivity index (χ0) is 22.5. The molecular formula is C25H20N2O5. The molecule has 0 fully saturated rings. The van der Waals surface area contributed by atoms with Crippen LogP contribution in [0.4, 0.5) is 10.5 Å². The number of carbonyl (C=O) groups excluding carboxylic acids is 1. The molecule has 0 saturated carbocycles. The lowest BCUT2D eigenvalue weighted by Crippen LogP contribution is -2.26. The van der Waals surface area contributed by atoms with E-state index < -0.39 is 16.8 Å². The van der Waals surface area contributed by atoms with Gasteiger partial charge in [-0.2, -0.15) is 0 Å². The van der Waals surface area contributed by atoms with Crippen LogP contribution in [0.15, 0.2) is 66.7 Å². The Labute approximate surface area is 184 Å². The largest absolute Gasteiger partial charge is 0.502 e. The van der Waals surface area contributed by atoms with E-state index in [4.69, 9.17) is 4.74 Å². The van der Waals surface area contributed by atoms with Crippen molar-refractivity contribution < 1.29 is 19.6 Å². The minimum atomic E-state index is -0.662. The van der Waals surface area contributed by atoms with E-state index in [1.165, 1.54) is 29.3 Å². The second-order valence-corrected chi connectivity index (χ2v) is 7.26. The van der Waals surface area contributed by atoms with Crippen LogP contribution in [0.1, 0.15) is 29.0 Å². The fraction of sp³-hybridized carbons (Fsp3) is 0.160. The Morgan fingerprint density at radius 3 is 2.34 bits per heavy atom. The number of nitrogens with zero attached hydrogens (tertiary/aromatic N) is 1. The lowest BCUT2D eigenvalue weighted by atomic mass is 9.98. The fourth-order valence-electron chi connectivity index (χ4n) is 3.80. The summed E-state index contributed by atoms with van der Waals surface area (Å²) >= 11 is 0. The van der Waals surface area contributed by atoms with Gasteiger partial charge in [0.05, 0.1) is 4.92 Å². The van der Waals surface area contributed by atoms with Crippen molar-refractivity contribution in [1.82, 2.24) is 5.32 Å². The van der Waals surface area contributed by atoms with Crippen LogP contribution in [-0.4, -0.2) is 29.3 Å². The molecule has 7 nitrogen and oxygen atoms in total. The van der Waals surface area contributed by atoms with E-state index in [0.717, 1.165) is 11.1 Å². The minimum absolute atomic E-state index is 0.00255. The summed E-state index contributed by atoms with van der Waals surface area (Å²) < 4.78 is 5.46. The molecule has 160 valence electrons. The highest BCUT2D eigenvalue weighted by Crippen LogP contribution is 2.44. The zero-order valence-corrected chi connectivity index (χ0v) is 17.1. The molecule has 0 heterocycles. The van der Waals surface area contributed by atoms with Crippen LogP contribution in [0.25, 0.3) is 11.1 Å². The maximum atomic E-state index is 12.1. The zero-order valence-electron chi connectivity index (χ0n) is 17.1. The van der Waals surface area contributed by atoms with E-state index in [-0.39, 0.29) is 18.2 Å². The van der Waals surface area contributed by atoms with Crippen molar-refractivity contribution in [3.63, 3.8) is 0 Å². The summed E-state index contributed by atoms with van der Waals surface area (Å²) in [5.74, 6) is 5.22. The first kappa shape index (κ1) is 20.9. The average Bonchev–Trinajstić information content (AvgIpc) is 3.11. The molecule has 3 aromatic rings. The number of nitro benzene ring substituents is 1. The first-order valence-corrected chi connectivity index (χ1v) is 10.1. The summed E-state index contributed by atoms with van der Waals surface area (Å²) in [4.78, 5) is 22.2. The number of benzene rings is 3. The van der Waals surface area contributed by atoms with Gasteiger partial charge in [0.25, 0.3) is 0 Å². The van der Waals surface area contributed by atoms with Crippen LogP contribution in [0.3, 0.4) is 0 Å². The van der Waals surface area contributed by atoms with E-state index in [0.29, 0.717) is 18.5 Å². The lowest BCUT2D eigenvalue weighted by Gasteiger charge is -2.14. The Morgan fingerprint density at radius 2 is 1.72 bits per heavy atom. The maximum absolute atomic E-state index is 12.1. The summed E-state index contributed by atoms with van der Waals surface area (Å²) in [5, 5.41) is 23.0. The average molecular weight is 428 g/mol. The number of alkyl carbamates (subject to hydrolysis) is 1. The van der Waals surface area contributed by atoms with Crippen LogP contribution in [-0.2, 0) is 4.74 Å². The molecule has 0 atom stereocenters. The number of ether oxygens (including phenoxy) is 1. The number of rotatable bonds is 5. The molecule has 3 aromatic carbocycles. The van der Waals surface area contributed by atoms with Gasteiger partial charge in [0, 0.05) is 36.6 Å². The topological polar surface area (TPSA) is 102 Å². The molecule has 7 heteroatoms. The summed E-state index contributed by atoms with van der Waals surface area (Å²) in [6.45, 7) is 0.538. The Kier molecular flexibility index (Phi) is 6.04. The molecule has 1 aliphatic rings. The molecule has 0 saturated heterocycles. The second-order valence-electron chi connectivity index (χ2n) is 7.26. The third-order valence-corrected chi connectivity index (χ3v) is 5.27. The number of hydrogen-bond donors (Lipinski definition) is 2. The Morgan fingerprint density at radius 1 is 1.06 bits per heavy atom. The number of nitrogens with one attached hydrogen (secondary N) is 1. The highest BCUT2D eigenvalue weighted by Gasteiger charge is 2.28. The van der Waals surface area contributed by atoms with Crippen molar-refractivity contribution in [2.24, 2.45) is 0 Å². The number of fused-ring (bicyclic) bond motifs is 3. The van der Waals surface area contributed by atoms with Crippen molar-refractivity contribution in [2.75, 3.05) is 13.2 Å². The highest BCUT2D eigenvalue weighted by atomic mass is 16.6. The van der Waals surface area contributed by atoms with Gasteiger partial charge in [0.1, 0.15) is 6.61 Å². The van der Waals surface area contributed by atoms with Crippen molar-refractivity contribution >= 4 is 11.8 Å². The Hall–Kier alpha value is -4.31. The first-order valence-electron chi connectivity index (χ1n) is 10.1. The van der Waals surface area contributed by atoms with Crippen molar-refractivity contribution in [3.8, 4) is 28.7 Å². The monoisotopic (exact) mass is 428 g/mol. The van der Waals surface area contributed by atoms with Gasteiger partial charge in [0.2, 0.25) is 0 Å². The van der Waals surface area contributed by atoms with Gasteiger partial charge >= 0.3 is 11.8 Å². The molecule has 1 amide bonds. The van der Waals surface area contributed by atoms with Gasteiger partial charge in [0.15, 0.2) is 5.75 Å². The number of carbonyl (C=O) groups is 1. The Balaban J connectivity index is 1.28. The molecule has 32 heavy (non-hydrogen) atoms. The molecule has 0 aliphatic heterocycles. The molecular weight excluding hydrogens is 408 g/mol. The van der Waals surface area contributed by atoms with E-state index in [9.17, 15) is 20.0 Å². The predicted molar refractivity (Wildman–Crippen MR) is 119 cm³/mol. The third kappa shape index (κ3) is 4.40. The van der Waals surface area contributed by atoms with E-state index in [2.05, 4.69) is 41.4 Å². The van der Waals surface area contributed by atoms with Crippen LogP contribution < -0.4 is 5.32 Å². The van der Waals surface area contributed by atoms with Gasteiger partial charge in [-0.3, -0.25) is 10.1 Å². The molecule has 0 radical (unpaired) electrons. The van der Waals surface area contributed by atoms with E-state index in [1.807, 2.05) is 24.3 Å². The molecule has 4 rings (SSSR count). The van der Waals surface area contributed by atoms with Crippen LogP contribution in [0, 0.1) is 22.0 Å². The summed E-state index contributed by atoms with van der Waals surface area (Å²) in [6, 6.07) is 20.2. The number of nitro groups is 1. The number of aromatic hydroxyl groups is 1. The third-order valence-electron chi connectivity index (χ3n) is 5.27. The SMILES string of the molecule is O=C(NCCC#Cc1ccc([N+](=O)[O-])c(O)c1)OCC1c2ccccc2-c2ccccc21. The molecule has 1 aliphatic carbocycles. The molecule has 0 spiro atoms. The lowest BCUT2D eigenvalue weighted by molar-refractivity contribution is -0.385. The Bertz CT molecular complexity index is 1200. The van der Waals surface area contributed by atoms with Crippen LogP contribution in [0.2, 0.25) is 0 Å². The number of phenolic OH excluding ortho intramolecular Hbond substituents is 1. The normalized spacial score (nSPS) is 11.6. The molecule has 2 N–H and O–H groups in total. The number of phenols is 1. The van der Waals surface area contributed by atoms with Crippen LogP contribution in [0.5, 0.6) is 5.75 Å². The summed E-state index contributed by atoms with van der Waals surface area (Å²) in [6.07, 6.45) is -0.149. The van der Waals surface area contributed by atoms with E-state index >= 15 is 0 Å². The number of amides is 1. The predicted octanol–water partition coefficient (Wildman–Crippen LogP) is 4.58. The second kappa shape index (κ2) is 9.23.